The van der Waals surface area contributed by atoms with Crippen LogP contribution in [0.15, 0.2) is 114 Å². The van der Waals surface area contributed by atoms with Gasteiger partial charge in [0.25, 0.3) is 0 Å². The van der Waals surface area contributed by atoms with Crippen molar-refractivity contribution in [3.8, 4) is 11.5 Å². The molecule has 203 valence electrons. The molecular weight excluding hydrogens is 496 g/mol. The van der Waals surface area contributed by atoms with E-state index in [2.05, 4.69) is 24.3 Å². The van der Waals surface area contributed by atoms with E-state index in [0.29, 0.717) is 19.8 Å². The third kappa shape index (κ3) is 7.39. The van der Waals surface area contributed by atoms with Crippen molar-refractivity contribution in [2.24, 2.45) is 4.99 Å². The van der Waals surface area contributed by atoms with E-state index in [1.807, 2.05) is 84.9 Å². The van der Waals surface area contributed by atoms with E-state index in [4.69, 9.17) is 24.5 Å². The fourth-order valence-electron chi connectivity index (χ4n) is 4.61. The number of unbranched alkanes of at least 4 members (excludes halogenated alkanes) is 2. The van der Waals surface area contributed by atoms with E-state index in [-0.39, 0.29) is 0 Å². The number of rotatable bonds is 14. The fraction of sp³-hybridized carbons (Fsp3) is 0.229. The minimum atomic E-state index is 0.504. The van der Waals surface area contributed by atoms with Crippen molar-refractivity contribution in [1.82, 2.24) is 5.32 Å². The fourth-order valence-corrected chi connectivity index (χ4v) is 4.61. The van der Waals surface area contributed by atoms with Gasteiger partial charge < -0.3 is 14.2 Å². The Labute approximate surface area is 237 Å². The molecule has 1 aliphatic heterocycles. The van der Waals surface area contributed by atoms with Crippen molar-refractivity contribution in [3.05, 3.63) is 131 Å². The van der Waals surface area contributed by atoms with E-state index in [0.717, 1.165) is 76.7 Å². The molecule has 4 aromatic rings. The van der Waals surface area contributed by atoms with Gasteiger partial charge in [0.1, 0.15) is 12.4 Å². The molecule has 1 aliphatic rings. The van der Waals surface area contributed by atoms with Gasteiger partial charge in [-0.05, 0) is 36.1 Å². The van der Waals surface area contributed by atoms with Gasteiger partial charge in [-0.1, -0.05) is 103 Å². The van der Waals surface area contributed by atoms with Crippen molar-refractivity contribution in [1.29, 1.82) is 0 Å². The number of hydrogen-bond acceptors (Lipinski definition) is 4. The first-order valence-electron chi connectivity index (χ1n) is 13.9. The summed E-state index contributed by atoms with van der Waals surface area (Å²) in [5, 5.41) is 4.92. The lowest BCUT2D eigenvalue weighted by Crippen LogP contribution is -2.10. The Balaban J connectivity index is 1.04. The Morgan fingerprint density at radius 2 is 1.27 bits per heavy atom. The lowest BCUT2D eigenvalue weighted by atomic mass is 10.1. The van der Waals surface area contributed by atoms with Crippen LogP contribution in [0, 0.1) is 0 Å². The van der Waals surface area contributed by atoms with Gasteiger partial charge in [-0.2, -0.15) is 0 Å². The maximum atomic E-state index is 5.96. The zero-order chi connectivity index (χ0) is 27.4. The van der Waals surface area contributed by atoms with Crippen LogP contribution in [0.3, 0.4) is 0 Å². The average molecular weight is 532 g/mol. The van der Waals surface area contributed by atoms with Crippen LogP contribution < -0.4 is 14.8 Å². The summed E-state index contributed by atoms with van der Waals surface area (Å²) in [5.41, 5.74) is 6.29. The van der Waals surface area contributed by atoms with Gasteiger partial charge in [0, 0.05) is 24.2 Å². The Bertz CT molecular complexity index is 1420. The summed E-state index contributed by atoms with van der Waals surface area (Å²) in [5.74, 6) is 2.35. The molecule has 0 N–H and O–H groups in total. The van der Waals surface area contributed by atoms with Crippen LogP contribution in [-0.2, 0) is 18.0 Å². The van der Waals surface area contributed by atoms with Crippen molar-refractivity contribution < 1.29 is 14.2 Å². The lowest BCUT2D eigenvalue weighted by molar-refractivity contribution is 0.116. The number of hydrogen-bond donors (Lipinski definition) is 0. The quantitative estimate of drug-likeness (QED) is 0.155. The molecule has 0 fully saturated rings. The SMILES string of the molecule is COc1cc(COCCCCCC2=NC(c3ccccc3)=C(c3ccccc3)[N]2)ccc1OCc1ccccc1. The number of ether oxygens (including phenoxy) is 3. The zero-order valence-electron chi connectivity index (χ0n) is 23.0. The predicted octanol–water partition coefficient (Wildman–Crippen LogP) is 7.89. The molecule has 0 spiro atoms. The van der Waals surface area contributed by atoms with E-state index in [1.165, 1.54) is 0 Å². The van der Waals surface area contributed by atoms with Crippen LogP contribution in [0.4, 0.5) is 0 Å². The molecule has 5 rings (SSSR count). The van der Waals surface area contributed by atoms with Crippen molar-refractivity contribution in [2.45, 2.75) is 38.9 Å². The van der Waals surface area contributed by atoms with Gasteiger partial charge in [0.2, 0.25) is 0 Å². The molecule has 4 aromatic carbocycles. The van der Waals surface area contributed by atoms with E-state index in [1.54, 1.807) is 7.11 Å². The highest BCUT2D eigenvalue weighted by molar-refractivity contribution is 6.07. The molecule has 0 atom stereocenters. The van der Waals surface area contributed by atoms with Gasteiger partial charge >= 0.3 is 0 Å². The van der Waals surface area contributed by atoms with Gasteiger partial charge in [-0.3, -0.25) is 0 Å². The first kappa shape index (κ1) is 27.2. The van der Waals surface area contributed by atoms with Gasteiger partial charge in [-0.25, -0.2) is 10.3 Å². The summed E-state index contributed by atoms with van der Waals surface area (Å²) in [7, 11) is 1.66. The normalized spacial score (nSPS) is 12.7. The Morgan fingerprint density at radius 1 is 0.600 bits per heavy atom. The smallest absolute Gasteiger partial charge is 0.161 e. The molecular formula is C35H35N2O3. The molecule has 0 aromatic heterocycles. The molecule has 1 radical (unpaired) electrons. The molecule has 5 heteroatoms. The predicted molar refractivity (Wildman–Crippen MR) is 161 cm³/mol. The van der Waals surface area contributed by atoms with Crippen LogP contribution >= 0.6 is 0 Å². The second-order valence-electron chi connectivity index (χ2n) is 9.69. The van der Waals surface area contributed by atoms with Gasteiger partial charge in [0.05, 0.1) is 25.1 Å². The molecule has 5 nitrogen and oxygen atoms in total. The lowest BCUT2D eigenvalue weighted by Gasteiger charge is -2.12. The van der Waals surface area contributed by atoms with Crippen molar-refractivity contribution >= 4 is 17.2 Å². The minimum Gasteiger partial charge on any atom is -0.493 e. The molecule has 0 saturated carbocycles. The number of methoxy groups -OCH3 is 1. The monoisotopic (exact) mass is 531 g/mol. The number of amidine groups is 1. The van der Waals surface area contributed by atoms with Crippen molar-refractivity contribution in [3.63, 3.8) is 0 Å². The Kier molecular flexibility index (Phi) is 9.63. The van der Waals surface area contributed by atoms with Crippen LogP contribution in [0.2, 0.25) is 0 Å². The van der Waals surface area contributed by atoms with E-state index < -0.39 is 0 Å². The van der Waals surface area contributed by atoms with Crippen LogP contribution in [-0.4, -0.2) is 19.6 Å². The Hall–Kier alpha value is -4.35. The van der Waals surface area contributed by atoms with Gasteiger partial charge in [0.15, 0.2) is 11.5 Å². The highest BCUT2D eigenvalue weighted by atomic mass is 16.5. The summed E-state index contributed by atoms with van der Waals surface area (Å²) in [6.07, 6.45) is 3.93. The summed E-state index contributed by atoms with van der Waals surface area (Å²) >= 11 is 0. The van der Waals surface area contributed by atoms with E-state index in [9.17, 15) is 0 Å². The third-order valence-electron chi connectivity index (χ3n) is 6.72. The number of benzene rings is 4. The van der Waals surface area contributed by atoms with E-state index >= 15 is 0 Å². The van der Waals surface area contributed by atoms with Gasteiger partial charge in [-0.15, -0.1) is 0 Å². The third-order valence-corrected chi connectivity index (χ3v) is 6.72. The van der Waals surface area contributed by atoms with Crippen LogP contribution in [0.1, 0.15) is 47.9 Å². The zero-order valence-corrected chi connectivity index (χ0v) is 23.0. The molecule has 0 unspecified atom stereocenters. The highest BCUT2D eigenvalue weighted by Crippen LogP contribution is 2.32. The topological polar surface area (TPSA) is 54.2 Å². The summed E-state index contributed by atoms with van der Waals surface area (Å²) in [6, 6.07) is 36.7. The highest BCUT2D eigenvalue weighted by Gasteiger charge is 2.21. The second kappa shape index (κ2) is 14.2. The average Bonchev–Trinajstić information content (AvgIpc) is 3.45. The number of aliphatic imine (C=N–C) groups is 1. The molecule has 1 heterocycles. The minimum absolute atomic E-state index is 0.504. The first-order chi connectivity index (χ1) is 19.8. The molecule has 40 heavy (non-hydrogen) atoms. The second-order valence-corrected chi connectivity index (χ2v) is 9.69. The molecule has 0 amide bonds. The first-order valence-corrected chi connectivity index (χ1v) is 13.9. The molecule has 0 saturated heterocycles. The van der Waals surface area contributed by atoms with Crippen molar-refractivity contribution in [2.75, 3.05) is 13.7 Å². The number of nitrogens with zero attached hydrogens (tertiary/aromatic N) is 2. The van der Waals surface area contributed by atoms with Crippen LogP contribution in [0.25, 0.3) is 11.4 Å². The largest absolute Gasteiger partial charge is 0.493 e. The maximum Gasteiger partial charge on any atom is 0.161 e. The molecule has 0 aliphatic carbocycles. The van der Waals surface area contributed by atoms with Crippen LogP contribution in [0.5, 0.6) is 11.5 Å². The standard InChI is InChI=1S/C35H35N2O3/c1-38-32-24-28(21-22-31(32)40-26-27-14-6-2-7-15-27)25-39-23-13-5-12-20-33-36-34(29-16-8-3-9-17-29)35(37-33)30-18-10-4-11-19-30/h2-4,6-11,14-19,21-22,24H,5,12-13,20,23,25-26H2,1H3. The Morgan fingerprint density at radius 3 is 1.98 bits per heavy atom. The summed E-state index contributed by atoms with van der Waals surface area (Å²) in [6.45, 7) is 1.76. The summed E-state index contributed by atoms with van der Waals surface area (Å²) in [4.78, 5) is 4.92. The summed E-state index contributed by atoms with van der Waals surface area (Å²) < 4.78 is 17.5. The molecule has 0 bridgehead atoms. The maximum absolute atomic E-state index is 5.96.